The first-order chi connectivity index (χ1) is 19.6. The molecule has 0 saturated carbocycles. The summed E-state index contributed by atoms with van der Waals surface area (Å²) in [6, 6.07) is 9.33. The number of ether oxygens (including phenoxy) is 8. The summed E-state index contributed by atoms with van der Waals surface area (Å²) >= 11 is 0. The molecule has 0 spiro atoms. The van der Waals surface area contributed by atoms with Gasteiger partial charge in [0.2, 0.25) is 10.4 Å². The maximum absolute atomic E-state index is 12.1. The molecule has 14 heteroatoms. The average molecular weight is 633 g/mol. The minimum atomic E-state index is -5.14. The first-order valence-electron chi connectivity index (χ1n) is 14.2. The van der Waals surface area contributed by atoms with Crippen LogP contribution in [0.2, 0.25) is 0 Å². The van der Waals surface area contributed by atoms with E-state index in [0.29, 0.717) is 18.1 Å². The third-order valence-electron chi connectivity index (χ3n) is 8.05. The van der Waals surface area contributed by atoms with E-state index in [0.717, 1.165) is 5.56 Å². The predicted octanol–water partition coefficient (Wildman–Crippen LogP) is 2.14. The molecule has 12 nitrogen and oxygen atoms in total. The van der Waals surface area contributed by atoms with Gasteiger partial charge in [-0.15, -0.1) is 0 Å². The number of benzene rings is 1. The van der Waals surface area contributed by atoms with Crippen LogP contribution in [0.25, 0.3) is 0 Å². The molecule has 5 fully saturated rings. The molecule has 0 aromatic heterocycles. The fourth-order valence-electron chi connectivity index (χ4n) is 6.51. The van der Waals surface area contributed by atoms with Crippen LogP contribution in [0.4, 0.5) is 0 Å². The molecule has 236 valence electrons. The molecule has 5 aliphatic heterocycles. The summed E-state index contributed by atoms with van der Waals surface area (Å²) in [4.78, 5) is 0. The Labute approximate surface area is 249 Å². The van der Waals surface area contributed by atoms with E-state index in [1.165, 1.54) is 0 Å². The Morgan fingerprint density at radius 2 is 1.45 bits per heavy atom. The van der Waals surface area contributed by atoms with Crippen molar-refractivity contribution in [2.75, 3.05) is 24.7 Å². The fraction of sp³-hybridized carbons (Fsp3) is 0.786. The first kappa shape index (κ1) is 31.1. The maximum Gasteiger partial charge on any atom is 0.218 e. The molecule has 1 aromatic rings. The van der Waals surface area contributed by atoms with Crippen molar-refractivity contribution >= 4 is 21.3 Å². The molecular weight excluding hydrogens is 592 g/mol. The van der Waals surface area contributed by atoms with Crippen molar-refractivity contribution in [3.63, 3.8) is 0 Å². The van der Waals surface area contributed by atoms with Gasteiger partial charge in [-0.3, -0.25) is 4.18 Å². The number of hydrogen-bond donors (Lipinski definition) is 0. The third-order valence-corrected chi connectivity index (χ3v) is 11.4. The van der Waals surface area contributed by atoms with Gasteiger partial charge < -0.3 is 42.4 Å². The first-order valence-corrected chi connectivity index (χ1v) is 17.2. The Hall–Kier alpha value is -0.880. The molecule has 1 aromatic carbocycles. The Kier molecular flexibility index (Phi) is 8.28. The Morgan fingerprint density at radius 3 is 2.05 bits per heavy atom. The van der Waals surface area contributed by atoms with Crippen molar-refractivity contribution in [1.82, 2.24) is 0 Å². The van der Waals surface area contributed by atoms with E-state index in [-0.39, 0.29) is 30.2 Å². The van der Waals surface area contributed by atoms with E-state index in [1.807, 2.05) is 58.0 Å². The van der Waals surface area contributed by atoms with E-state index in [4.69, 9.17) is 42.1 Å². The highest BCUT2D eigenvalue weighted by Gasteiger charge is 2.65. The molecule has 10 atom stereocenters. The van der Waals surface area contributed by atoms with Crippen LogP contribution in [0.5, 0.6) is 0 Å². The van der Waals surface area contributed by atoms with Crippen molar-refractivity contribution in [2.45, 2.75) is 113 Å². The van der Waals surface area contributed by atoms with Crippen molar-refractivity contribution in [3.8, 4) is 0 Å². The fourth-order valence-corrected chi connectivity index (χ4v) is 10.1. The van der Waals surface area contributed by atoms with Crippen LogP contribution in [0, 0.1) is 0 Å². The lowest BCUT2D eigenvalue weighted by Crippen LogP contribution is -2.58. The highest BCUT2D eigenvalue weighted by molar-refractivity contribution is 7.97. The molecule has 5 aliphatic rings. The van der Waals surface area contributed by atoms with E-state index < -0.39 is 69.4 Å². The summed E-state index contributed by atoms with van der Waals surface area (Å²) in [7, 11) is -5.60. The minimum absolute atomic E-state index is 0.117. The number of hydrogen-bond acceptors (Lipinski definition) is 12. The third kappa shape index (κ3) is 6.70. The Morgan fingerprint density at radius 1 is 0.833 bits per heavy atom. The molecule has 6 rings (SSSR count). The molecule has 0 bridgehead atoms. The zero-order valence-electron chi connectivity index (χ0n) is 24.6. The monoisotopic (exact) mass is 632 g/mol. The lowest BCUT2D eigenvalue weighted by atomic mass is 10.0. The zero-order valence-corrected chi connectivity index (χ0v) is 26.3. The van der Waals surface area contributed by atoms with Crippen LogP contribution in [0.15, 0.2) is 30.3 Å². The largest absolute Gasteiger partial charge is 0.726 e. The smallest absolute Gasteiger partial charge is 0.218 e. The van der Waals surface area contributed by atoms with Gasteiger partial charge in [-0.25, -0.2) is 8.42 Å². The van der Waals surface area contributed by atoms with Crippen molar-refractivity contribution in [1.29, 1.82) is 0 Å². The second-order valence-electron chi connectivity index (χ2n) is 12.7. The summed E-state index contributed by atoms with van der Waals surface area (Å²) in [5.41, 5.74) is 0.736. The summed E-state index contributed by atoms with van der Waals surface area (Å²) in [5.74, 6) is -1.42. The highest BCUT2D eigenvalue weighted by Crippen LogP contribution is 2.45. The van der Waals surface area contributed by atoms with Crippen LogP contribution < -0.4 is 0 Å². The molecule has 0 radical (unpaired) electrons. The Bertz CT molecular complexity index is 1220. The molecule has 5 heterocycles. The normalized spacial score (nSPS) is 42.5. The predicted molar refractivity (Wildman–Crippen MR) is 148 cm³/mol. The highest BCUT2D eigenvalue weighted by atomic mass is 32.3. The van der Waals surface area contributed by atoms with E-state index in [9.17, 15) is 13.0 Å². The van der Waals surface area contributed by atoms with Gasteiger partial charge in [0.25, 0.3) is 0 Å². The molecule has 5 saturated heterocycles. The SMILES string of the molecule is CC1(C)O[C@@H]2[C@@H]([C@H]3COC(C)(C)O3)[S+](C[C@@H]3OC(c4ccccc4)O[C@H]([C@H]4COC(C)(C)O4)[C@@H]3OS(=O)(=O)[O-])C[C@@H]2O1. The van der Waals surface area contributed by atoms with Gasteiger partial charge in [-0.1, -0.05) is 30.3 Å². The van der Waals surface area contributed by atoms with Gasteiger partial charge >= 0.3 is 0 Å². The number of rotatable bonds is 7. The molecule has 2 unspecified atom stereocenters. The van der Waals surface area contributed by atoms with E-state index in [2.05, 4.69) is 0 Å². The standard InChI is InChI=1S/C28H40O12S2/c1-26(2)32-12-17(36-26)21-22(40-42(29,30)31)19(34-25(35-21)16-10-8-7-9-11-16)14-41-15-20-23(39-28(5,6)38-20)24(41)18-13-33-27(3,4)37-18/h7-11,17-25H,12-15H2,1-6H3/t17-,18-,19+,20+,21-,22-,23+,24-,25?,41?/m1/s1. The van der Waals surface area contributed by atoms with Gasteiger partial charge in [0.1, 0.15) is 54.2 Å². The second kappa shape index (κ2) is 11.2. The number of fused-ring (bicyclic) bond motifs is 1. The molecule has 0 amide bonds. The molecule has 0 aliphatic carbocycles. The summed E-state index contributed by atoms with van der Waals surface area (Å²) in [6.07, 6.45) is -5.37. The molecular formula is C28H40O12S2. The van der Waals surface area contributed by atoms with Gasteiger partial charge in [0.05, 0.1) is 13.2 Å². The van der Waals surface area contributed by atoms with Crippen LogP contribution in [0.3, 0.4) is 0 Å². The van der Waals surface area contributed by atoms with E-state index >= 15 is 0 Å². The summed E-state index contributed by atoms with van der Waals surface area (Å²) in [6.45, 7) is 11.6. The minimum Gasteiger partial charge on any atom is -0.726 e. The summed E-state index contributed by atoms with van der Waals surface area (Å²) < 4.78 is 90.9. The molecule has 42 heavy (non-hydrogen) atoms. The zero-order chi connectivity index (χ0) is 30.1. The maximum atomic E-state index is 12.1. The van der Waals surface area contributed by atoms with Crippen LogP contribution in [-0.2, 0) is 63.4 Å². The van der Waals surface area contributed by atoms with Crippen molar-refractivity contribution in [2.24, 2.45) is 0 Å². The quantitative estimate of drug-likeness (QED) is 0.247. The topological polar surface area (TPSA) is 140 Å². The van der Waals surface area contributed by atoms with Crippen molar-refractivity contribution < 1.29 is 55.0 Å². The van der Waals surface area contributed by atoms with Crippen LogP contribution in [0.1, 0.15) is 53.4 Å². The van der Waals surface area contributed by atoms with Gasteiger partial charge in [-0.2, -0.15) is 0 Å². The van der Waals surface area contributed by atoms with Crippen LogP contribution in [-0.4, -0.2) is 103 Å². The second-order valence-corrected chi connectivity index (χ2v) is 16.0. The molecule has 0 N–H and O–H groups in total. The average Bonchev–Trinajstić information content (AvgIpc) is 3.59. The van der Waals surface area contributed by atoms with Crippen LogP contribution >= 0.6 is 0 Å². The Balaban J connectivity index is 1.33. The van der Waals surface area contributed by atoms with Crippen molar-refractivity contribution in [3.05, 3.63) is 35.9 Å². The van der Waals surface area contributed by atoms with E-state index in [1.54, 1.807) is 13.8 Å². The lowest BCUT2D eigenvalue weighted by Gasteiger charge is -2.43. The van der Waals surface area contributed by atoms with Gasteiger partial charge in [0.15, 0.2) is 28.9 Å². The van der Waals surface area contributed by atoms with Gasteiger partial charge in [0, 0.05) is 16.5 Å². The lowest BCUT2D eigenvalue weighted by molar-refractivity contribution is -0.299. The van der Waals surface area contributed by atoms with Gasteiger partial charge in [-0.05, 0) is 41.5 Å². The summed E-state index contributed by atoms with van der Waals surface area (Å²) in [5, 5.41) is -0.117.